The fourth-order valence-corrected chi connectivity index (χ4v) is 2.67. The minimum absolute atomic E-state index is 0.167. The van der Waals surface area contributed by atoms with E-state index < -0.39 is 0 Å². The number of hydrogen-bond donors (Lipinski definition) is 1. The van der Waals surface area contributed by atoms with Gasteiger partial charge in [-0.3, -0.25) is 4.79 Å². The van der Waals surface area contributed by atoms with E-state index in [0.29, 0.717) is 18.8 Å². The minimum Gasteiger partial charge on any atom is -0.389 e. The van der Waals surface area contributed by atoms with E-state index in [1.807, 2.05) is 42.5 Å². The first kappa shape index (κ1) is 14.0. The van der Waals surface area contributed by atoms with Crippen molar-refractivity contribution >= 4 is 5.78 Å². The average Bonchev–Trinajstić information content (AvgIpc) is 2.98. The first-order chi connectivity index (χ1) is 9.27. The van der Waals surface area contributed by atoms with Gasteiger partial charge in [-0.2, -0.15) is 0 Å². The molecule has 0 spiro atoms. The second-order valence-electron chi connectivity index (χ2n) is 5.29. The Bertz CT molecular complexity index is 416. The largest absolute Gasteiger partial charge is 0.389 e. The standard InChI is InChI=1S/C17H22O2/c18-16(14-8-2-1-3-9-14)12-6-7-13-17(19)15-10-4-5-11-15/h1-3,7-9,13,15,17,19H,4-6,10-12H2/b13-7+/t17-/m0/s1. The summed E-state index contributed by atoms with van der Waals surface area (Å²) in [5, 5.41) is 9.96. The summed E-state index contributed by atoms with van der Waals surface area (Å²) < 4.78 is 0. The van der Waals surface area contributed by atoms with Crippen LogP contribution in [0.1, 0.15) is 48.9 Å². The maximum Gasteiger partial charge on any atom is 0.163 e. The molecule has 0 aromatic heterocycles. The van der Waals surface area contributed by atoms with Crippen molar-refractivity contribution in [2.24, 2.45) is 5.92 Å². The molecule has 1 aliphatic rings. The molecule has 2 heteroatoms. The number of Topliss-reactive ketones (excluding diaryl/α,β-unsaturated/α-hetero) is 1. The van der Waals surface area contributed by atoms with Gasteiger partial charge in [0.2, 0.25) is 0 Å². The molecule has 1 N–H and O–H groups in total. The van der Waals surface area contributed by atoms with Gasteiger partial charge >= 0.3 is 0 Å². The molecule has 1 aliphatic carbocycles. The van der Waals surface area contributed by atoms with E-state index in [1.54, 1.807) is 0 Å². The fourth-order valence-electron chi connectivity index (χ4n) is 2.67. The number of aliphatic hydroxyl groups excluding tert-OH is 1. The fraction of sp³-hybridized carbons (Fsp3) is 0.471. The highest BCUT2D eigenvalue weighted by Crippen LogP contribution is 2.28. The molecule has 1 saturated carbocycles. The molecule has 1 aromatic carbocycles. The van der Waals surface area contributed by atoms with Gasteiger partial charge < -0.3 is 5.11 Å². The van der Waals surface area contributed by atoms with E-state index in [-0.39, 0.29) is 11.9 Å². The molecule has 19 heavy (non-hydrogen) atoms. The van der Waals surface area contributed by atoms with Crippen molar-refractivity contribution in [2.75, 3.05) is 0 Å². The predicted octanol–water partition coefficient (Wildman–Crippen LogP) is 3.76. The van der Waals surface area contributed by atoms with Gasteiger partial charge in [0.1, 0.15) is 0 Å². The van der Waals surface area contributed by atoms with E-state index in [4.69, 9.17) is 0 Å². The Hall–Kier alpha value is -1.41. The predicted molar refractivity (Wildman–Crippen MR) is 77.1 cm³/mol. The molecule has 1 aromatic rings. The van der Waals surface area contributed by atoms with E-state index in [1.165, 1.54) is 12.8 Å². The summed E-state index contributed by atoms with van der Waals surface area (Å²) >= 11 is 0. The Morgan fingerprint density at radius 3 is 2.63 bits per heavy atom. The third kappa shape index (κ3) is 4.32. The summed E-state index contributed by atoms with van der Waals surface area (Å²) in [5.41, 5.74) is 0.771. The molecule has 0 bridgehead atoms. The smallest absolute Gasteiger partial charge is 0.163 e. The molecule has 0 saturated heterocycles. The molecule has 0 amide bonds. The first-order valence-electron chi connectivity index (χ1n) is 7.20. The van der Waals surface area contributed by atoms with E-state index in [2.05, 4.69) is 0 Å². The Kier molecular flexibility index (Phi) is 5.34. The third-order valence-corrected chi connectivity index (χ3v) is 3.85. The highest BCUT2D eigenvalue weighted by Gasteiger charge is 2.20. The van der Waals surface area contributed by atoms with Crippen LogP contribution in [-0.2, 0) is 0 Å². The summed E-state index contributed by atoms with van der Waals surface area (Å²) in [4.78, 5) is 11.8. The van der Waals surface area contributed by atoms with E-state index >= 15 is 0 Å². The summed E-state index contributed by atoms with van der Waals surface area (Å²) in [6.07, 6.45) is 9.45. The lowest BCUT2D eigenvalue weighted by atomic mass is 10.00. The van der Waals surface area contributed by atoms with Gasteiger partial charge in [-0.05, 0) is 25.2 Å². The van der Waals surface area contributed by atoms with Crippen LogP contribution in [0.4, 0.5) is 0 Å². The zero-order chi connectivity index (χ0) is 13.5. The molecule has 2 rings (SSSR count). The number of rotatable bonds is 6. The maximum absolute atomic E-state index is 11.8. The van der Waals surface area contributed by atoms with Crippen LogP contribution in [0.5, 0.6) is 0 Å². The van der Waals surface area contributed by atoms with Gasteiger partial charge in [-0.15, -0.1) is 0 Å². The molecule has 1 atom stereocenters. The monoisotopic (exact) mass is 258 g/mol. The second kappa shape index (κ2) is 7.25. The highest BCUT2D eigenvalue weighted by molar-refractivity contribution is 5.96. The van der Waals surface area contributed by atoms with Crippen LogP contribution < -0.4 is 0 Å². The zero-order valence-electron chi connectivity index (χ0n) is 11.3. The van der Waals surface area contributed by atoms with Gasteiger partial charge in [-0.25, -0.2) is 0 Å². The normalized spacial score (nSPS) is 17.9. The summed E-state index contributed by atoms with van der Waals surface area (Å²) in [6, 6.07) is 9.37. The van der Waals surface area contributed by atoms with Crippen molar-refractivity contribution in [1.29, 1.82) is 0 Å². The molecule has 102 valence electrons. The quantitative estimate of drug-likeness (QED) is 0.623. The molecule has 0 unspecified atom stereocenters. The van der Waals surface area contributed by atoms with E-state index in [0.717, 1.165) is 18.4 Å². The van der Waals surface area contributed by atoms with Gasteiger partial charge in [-0.1, -0.05) is 55.3 Å². The van der Waals surface area contributed by atoms with Gasteiger partial charge in [0, 0.05) is 12.0 Å². The number of aliphatic hydroxyl groups is 1. The van der Waals surface area contributed by atoms with Crippen molar-refractivity contribution in [3.63, 3.8) is 0 Å². The van der Waals surface area contributed by atoms with Gasteiger partial charge in [0.25, 0.3) is 0 Å². The van der Waals surface area contributed by atoms with E-state index in [9.17, 15) is 9.90 Å². The van der Waals surface area contributed by atoms with Crippen LogP contribution in [0.2, 0.25) is 0 Å². The van der Waals surface area contributed by atoms with Crippen LogP contribution in [0.25, 0.3) is 0 Å². The Morgan fingerprint density at radius 1 is 1.26 bits per heavy atom. The zero-order valence-corrected chi connectivity index (χ0v) is 11.3. The summed E-state index contributed by atoms with van der Waals surface area (Å²) in [6.45, 7) is 0. The molecular weight excluding hydrogens is 236 g/mol. The van der Waals surface area contributed by atoms with Gasteiger partial charge in [0.15, 0.2) is 5.78 Å². The van der Waals surface area contributed by atoms with Crippen molar-refractivity contribution in [3.8, 4) is 0 Å². The molecule has 0 heterocycles. The van der Waals surface area contributed by atoms with Crippen LogP contribution in [0, 0.1) is 5.92 Å². The van der Waals surface area contributed by atoms with Crippen LogP contribution in [0.15, 0.2) is 42.5 Å². The SMILES string of the molecule is O=C(CC/C=C/[C@H](O)C1CCCC1)c1ccccc1. The van der Waals surface area contributed by atoms with Gasteiger partial charge in [0.05, 0.1) is 6.10 Å². The van der Waals surface area contributed by atoms with Crippen molar-refractivity contribution in [2.45, 2.75) is 44.6 Å². The van der Waals surface area contributed by atoms with Crippen LogP contribution in [-0.4, -0.2) is 17.0 Å². The van der Waals surface area contributed by atoms with Crippen LogP contribution in [0.3, 0.4) is 0 Å². The number of allylic oxidation sites excluding steroid dienone is 1. The lowest BCUT2D eigenvalue weighted by molar-refractivity contribution is 0.0983. The number of ketones is 1. The molecule has 0 radical (unpaired) electrons. The van der Waals surface area contributed by atoms with Crippen molar-refractivity contribution in [3.05, 3.63) is 48.0 Å². The number of carbonyl (C=O) groups excluding carboxylic acids is 1. The molecule has 0 aliphatic heterocycles. The Balaban J connectivity index is 1.72. The number of carbonyl (C=O) groups is 1. The average molecular weight is 258 g/mol. The Morgan fingerprint density at radius 2 is 1.95 bits per heavy atom. The van der Waals surface area contributed by atoms with Crippen molar-refractivity contribution < 1.29 is 9.90 Å². The molecular formula is C17H22O2. The third-order valence-electron chi connectivity index (χ3n) is 3.85. The lowest BCUT2D eigenvalue weighted by Gasteiger charge is -2.12. The minimum atomic E-state index is -0.325. The summed E-state index contributed by atoms with van der Waals surface area (Å²) in [7, 11) is 0. The van der Waals surface area contributed by atoms with Crippen molar-refractivity contribution in [1.82, 2.24) is 0 Å². The molecule has 1 fully saturated rings. The number of hydrogen-bond acceptors (Lipinski definition) is 2. The number of benzene rings is 1. The highest BCUT2D eigenvalue weighted by atomic mass is 16.3. The lowest BCUT2D eigenvalue weighted by Crippen LogP contribution is -2.14. The second-order valence-corrected chi connectivity index (χ2v) is 5.29. The topological polar surface area (TPSA) is 37.3 Å². The first-order valence-corrected chi connectivity index (χ1v) is 7.20. The Labute approximate surface area is 115 Å². The maximum atomic E-state index is 11.8. The summed E-state index contributed by atoms with van der Waals surface area (Å²) in [5.74, 6) is 0.599. The van der Waals surface area contributed by atoms with Crippen LogP contribution >= 0.6 is 0 Å². The molecule has 2 nitrogen and oxygen atoms in total.